The van der Waals surface area contributed by atoms with Gasteiger partial charge in [0.15, 0.2) is 0 Å². The summed E-state index contributed by atoms with van der Waals surface area (Å²) in [5.74, 6) is -0.539. The first kappa shape index (κ1) is 40.9. The number of nitrogens with zero attached hydrogens (tertiary/aromatic N) is 4. The Morgan fingerprint density at radius 2 is 1.87 bits per heavy atom. The summed E-state index contributed by atoms with van der Waals surface area (Å²) < 4.78 is 12.9. The molecule has 0 bridgehead atoms. The second-order valence-electron chi connectivity index (χ2n) is 16.7. The fourth-order valence-corrected chi connectivity index (χ4v) is 7.56. The van der Waals surface area contributed by atoms with E-state index in [1.165, 1.54) is 17.7 Å². The largest absolute Gasteiger partial charge is 0.468 e. The Hall–Kier alpha value is -4.26. The molecule has 12 nitrogen and oxygen atoms in total. The highest BCUT2D eigenvalue weighted by Gasteiger charge is 2.35. The van der Waals surface area contributed by atoms with Gasteiger partial charge in [-0.15, -0.1) is 0 Å². The van der Waals surface area contributed by atoms with Crippen LogP contribution in [0, 0.1) is 5.41 Å². The van der Waals surface area contributed by atoms with E-state index in [1.807, 2.05) is 12.3 Å². The summed E-state index contributed by atoms with van der Waals surface area (Å²) in [6, 6.07) is 9.26. The molecule has 2 atom stereocenters. The lowest BCUT2D eigenvalue weighted by atomic mass is 9.84. The first-order valence-corrected chi connectivity index (χ1v) is 19.3. The quantitative estimate of drug-likeness (QED) is 0.189. The van der Waals surface area contributed by atoms with Gasteiger partial charge in [0, 0.05) is 62.0 Å². The fraction of sp³-hybridized carbons (Fsp3) is 0.571. The Morgan fingerprint density at radius 3 is 2.54 bits per heavy atom. The third-order valence-electron chi connectivity index (χ3n) is 10.2. The number of aromatic nitrogens is 2. The molecule has 2 aromatic heterocycles. The molecule has 3 N–H and O–H groups in total. The van der Waals surface area contributed by atoms with Gasteiger partial charge in [0.25, 0.3) is 5.91 Å². The molecule has 12 heteroatoms. The molecule has 4 heterocycles. The lowest BCUT2D eigenvalue weighted by Crippen LogP contribution is -2.62. The van der Waals surface area contributed by atoms with E-state index in [1.54, 1.807) is 20.8 Å². The molecule has 0 saturated carbocycles. The van der Waals surface area contributed by atoms with Crippen molar-refractivity contribution in [2.24, 2.45) is 5.41 Å². The van der Waals surface area contributed by atoms with Crippen LogP contribution in [0.1, 0.15) is 97.4 Å². The van der Waals surface area contributed by atoms with E-state index in [-0.39, 0.29) is 30.4 Å². The van der Waals surface area contributed by atoms with Crippen LogP contribution in [0.25, 0.3) is 27.7 Å². The van der Waals surface area contributed by atoms with Crippen LogP contribution in [0.2, 0.25) is 0 Å². The monoisotopic (exact) mass is 744 g/mol. The van der Waals surface area contributed by atoms with Gasteiger partial charge in [-0.25, -0.2) is 10.2 Å². The van der Waals surface area contributed by atoms with Crippen LogP contribution < -0.4 is 10.7 Å². The average Bonchev–Trinajstić information content (AvgIpc) is 3.44. The lowest BCUT2D eigenvalue weighted by molar-refractivity contribution is -0.150. The molecule has 2 aliphatic heterocycles. The number of amides is 2. The Kier molecular flexibility index (Phi) is 12.9. The van der Waals surface area contributed by atoms with E-state index >= 15 is 0 Å². The number of hydrogen-bond donors (Lipinski definition) is 3. The predicted octanol–water partition coefficient (Wildman–Crippen LogP) is 6.06. The standard InChI is InChI=1S/C42H60N6O6/c1-10-47-35-18-17-28(22-31(35)32(23-42(7,8)26-49)37(47)30-15-11-19-43-36(30)27(2)3)29-14-12-20-46(24-29)25-34(44-40(52)54-41(4,5)6)38(50)48-21-13-16-33(45-48)39(51)53-9/h11,14-15,17-19,22,27,33-34,45,49H,10,12-13,16,20-21,23-26H2,1-9H3,(H,44,52)/t33-,34?/m0/s1. The zero-order chi connectivity index (χ0) is 39.4. The number of aliphatic hydroxyl groups excluding tert-OH is 1. The fourth-order valence-electron chi connectivity index (χ4n) is 7.56. The highest BCUT2D eigenvalue weighted by molar-refractivity contribution is 5.95. The number of fused-ring (bicyclic) bond motifs is 1. The summed E-state index contributed by atoms with van der Waals surface area (Å²) in [5.41, 5.74) is 9.81. The van der Waals surface area contributed by atoms with Crippen LogP contribution in [0.4, 0.5) is 4.79 Å². The van der Waals surface area contributed by atoms with Crippen molar-refractivity contribution in [1.82, 2.24) is 30.2 Å². The minimum atomic E-state index is -0.923. The molecule has 0 radical (unpaired) electrons. The van der Waals surface area contributed by atoms with Crippen molar-refractivity contribution >= 4 is 34.4 Å². The number of hydrogen-bond acceptors (Lipinski definition) is 9. The van der Waals surface area contributed by atoms with Crippen molar-refractivity contribution in [3.8, 4) is 11.3 Å². The molecule has 1 unspecified atom stereocenters. The summed E-state index contributed by atoms with van der Waals surface area (Å²) in [4.78, 5) is 46.4. The summed E-state index contributed by atoms with van der Waals surface area (Å²) in [5, 5.41) is 15.8. The maximum absolute atomic E-state index is 14.0. The number of benzene rings is 1. The zero-order valence-corrected chi connectivity index (χ0v) is 33.6. The van der Waals surface area contributed by atoms with Crippen LogP contribution in [0.5, 0.6) is 0 Å². The molecular formula is C42H60N6O6. The average molecular weight is 745 g/mol. The minimum absolute atomic E-state index is 0.0582. The van der Waals surface area contributed by atoms with E-state index in [0.29, 0.717) is 38.9 Å². The van der Waals surface area contributed by atoms with Gasteiger partial charge in [-0.3, -0.25) is 24.5 Å². The highest BCUT2D eigenvalue weighted by atomic mass is 16.6. The van der Waals surface area contributed by atoms with E-state index < -0.39 is 29.7 Å². The maximum atomic E-state index is 14.0. The molecule has 1 fully saturated rings. The van der Waals surface area contributed by atoms with Gasteiger partial charge in [-0.1, -0.05) is 39.8 Å². The third kappa shape index (κ3) is 9.51. The molecule has 294 valence electrons. The van der Waals surface area contributed by atoms with Gasteiger partial charge in [0.1, 0.15) is 17.7 Å². The number of esters is 1. The molecule has 3 aromatic rings. The number of carbonyl (C=O) groups excluding carboxylic acids is 3. The van der Waals surface area contributed by atoms with Crippen LogP contribution in [-0.2, 0) is 32.0 Å². The van der Waals surface area contributed by atoms with Gasteiger partial charge in [0.05, 0.1) is 18.5 Å². The van der Waals surface area contributed by atoms with Crippen molar-refractivity contribution in [3.05, 3.63) is 59.4 Å². The molecule has 1 aromatic carbocycles. The van der Waals surface area contributed by atoms with E-state index in [4.69, 9.17) is 14.5 Å². The second kappa shape index (κ2) is 17.0. The first-order chi connectivity index (χ1) is 25.6. The van der Waals surface area contributed by atoms with Crippen molar-refractivity contribution in [1.29, 1.82) is 0 Å². The van der Waals surface area contributed by atoms with Gasteiger partial charge in [-0.2, -0.15) is 0 Å². The summed E-state index contributed by atoms with van der Waals surface area (Å²) in [6.45, 7) is 18.8. The minimum Gasteiger partial charge on any atom is -0.468 e. The van der Waals surface area contributed by atoms with Crippen molar-refractivity contribution in [2.75, 3.05) is 39.9 Å². The number of aliphatic hydroxyl groups is 1. The Bertz CT molecular complexity index is 1860. The normalized spacial score (nSPS) is 17.7. The Labute approximate surface area is 320 Å². The van der Waals surface area contributed by atoms with Gasteiger partial charge < -0.3 is 24.5 Å². The van der Waals surface area contributed by atoms with Crippen molar-refractivity contribution < 1.29 is 29.0 Å². The molecule has 2 amide bonds. The van der Waals surface area contributed by atoms with Crippen LogP contribution in [-0.4, -0.2) is 100 Å². The van der Waals surface area contributed by atoms with E-state index in [9.17, 15) is 19.5 Å². The molecule has 2 aliphatic rings. The van der Waals surface area contributed by atoms with E-state index in [2.05, 4.69) is 85.2 Å². The second-order valence-corrected chi connectivity index (χ2v) is 16.7. The number of pyridine rings is 1. The molecule has 54 heavy (non-hydrogen) atoms. The van der Waals surface area contributed by atoms with Crippen LogP contribution in [0.15, 0.2) is 42.6 Å². The number of hydrazine groups is 1. The van der Waals surface area contributed by atoms with Crippen LogP contribution in [0.3, 0.4) is 0 Å². The number of carbonyl (C=O) groups is 3. The lowest BCUT2D eigenvalue weighted by Gasteiger charge is -2.37. The number of ether oxygens (including phenoxy) is 2. The predicted molar refractivity (Wildman–Crippen MR) is 212 cm³/mol. The smallest absolute Gasteiger partial charge is 0.408 e. The van der Waals surface area contributed by atoms with Gasteiger partial charge in [-0.05, 0) is 106 Å². The number of alkyl carbamates (subject to hydrolysis) is 1. The first-order valence-electron chi connectivity index (χ1n) is 19.3. The Balaban J connectivity index is 1.48. The molecule has 1 saturated heterocycles. The molecular weight excluding hydrogens is 684 g/mol. The van der Waals surface area contributed by atoms with E-state index in [0.717, 1.165) is 52.0 Å². The summed E-state index contributed by atoms with van der Waals surface area (Å²) >= 11 is 0. The SMILES string of the molecule is CCn1c(-c2cccnc2C(C)C)c(CC(C)(C)CO)c2cc(C3=CCCN(CC(NC(=O)OC(C)(C)C)C(=O)N4CCC[C@@H](C(=O)OC)N4)C3)ccc21. The maximum Gasteiger partial charge on any atom is 0.408 e. The van der Waals surface area contributed by atoms with Crippen LogP contribution >= 0.6 is 0 Å². The Morgan fingerprint density at radius 1 is 1.11 bits per heavy atom. The summed E-state index contributed by atoms with van der Waals surface area (Å²) in [6.07, 6.45) is 6.07. The number of aryl methyl sites for hydroxylation is 1. The molecule has 5 rings (SSSR count). The third-order valence-corrected chi connectivity index (χ3v) is 10.2. The topological polar surface area (TPSA) is 138 Å². The number of rotatable bonds is 12. The molecule has 0 aliphatic carbocycles. The van der Waals surface area contributed by atoms with Crippen molar-refractivity contribution in [2.45, 2.75) is 111 Å². The molecule has 0 spiro atoms. The van der Waals surface area contributed by atoms with Gasteiger partial charge >= 0.3 is 12.1 Å². The van der Waals surface area contributed by atoms with Gasteiger partial charge in [0.2, 0.25) is 0 Å². The summed E-state index contributed by atoms with van der Waals surface area (Å²) in [7, 11) is 1.33. The van der Waals surface area contributed by atoms with Crippen molar-refractivity contribution in [3.63, 3.8) is 0 Å². The number of nitrogens with one attached hydrogen (secondary N) is 2. The highest BCUT2D eigenvalue weighted by Crippen LogP contribution is 2.41. The number of methoxy groups -OCH3 is 1. The zero-order valence-electron chi connectivity index (χ0n) is 33.6.